The molecular formula is C20H19ClN4O3S. The van der Waals surface area contributed by atoms with E-state index in [1.165, 1.54) is 0 Å². The highest BCUT2D eigenvalue weighted by atomic mass is 35.5. The Hall–Kier alpha value is -3.10. The highest BCUT2D eigenvalue weighted by Gasteiger charge is 2.18. The lowest BCUT2D eigenvalue weighted by Crippen LogP contribution is -2.19. The van der Waals surface area contributed by atoms with Crippen molar-refractivity contribution in [2.75, 3.05) is 22.6 Å². The molecule has 7 nitrogen and oxygen atoms in total. The number of halogens is 1. The summed E-state index contributed by atoms with van der Waals surface area (Å²) in [5, 5.41) is 8.95. The van der Waals surface area contributed by atoms with E-state index in [1.807, 2.05) is 19.1 Å². The molecule has 0 unspecified atom stereocenters. The van der Waals surface area contributed by atoms with E-state index in [0.29, 0.717) is 44.5 Å². The van der Waals surface area contributed by atoms with Gasteiger partial charge in [0.05, 0.1) is 18.0 Å². The second-order valence-electron chi connectivity index (χ2n) is 5.91. The van der Waals surface area contributed by atoms with E-state index in [9.17, 15) is 9.59 Å². The highest BCUT2D eigenvalue weighted by molar-refractivity contribution is 7.17. The fourth-order valence-corrected chi connectivity index (χ4v) is 3.56. The minimum Gasteiger partial charge on any atom is -0.492 e. The van der Waals surface area contributed by atoms with Gasteiger partial charge in [0.15, 0.2) is 5.13 Å². The number of nitrogens with one attached hydrogen (secondary N) is 3. The molecule has 0 aliphatic rings. The third-order valence-electron chi connectivity index (χ3n) is 3.74. The van der Waals surface area contributed by atoms with Crippen LogP contribution in [-0.4, -0.2) is 23.5 Å². The van der Waals surface area contributed by atoms with Crippen molar-refractivity contribution in [3.8, 4) is 5.75 Å². The SMILES string of the molecule is CCOc1ccccc1NC(=O)c1sc(NC(=O)Nc2cccc(Cl)c2)nc1C. The predicted octanol–water partition coefficient (Wildman–Crippen LogP) is 5.40. The average Bonchev–Trinajstić information content (AvgIpc) is 3.03. The molecule has 29 heavy (non-hydrogen) atoms. The van der Waals surface area contributed by atoms with Crippen LogP contribution in [0.4, 0.5) is 21.3 Å². The van der Waals surface area contributed by atoms with E-state index in [4.69, 9.17) is 16.3 Å². The number of amides is 3. The number of anilines is 3. The zero-order valence-corrected chi connectivity index (χ0v) is 17.4. The first kappa shape index (κ1) is 20.6. The molecule has 150 valence electrons. The second kappa shape index (κ2) is 9.40. The number of rotatable bonds is 6. The molecule has 0 bridgehead atoms. The molecule has 0 fully saturated rings. The summed E-state index contributed by atoms with van der Waals surface area (Å²) in [6, 6.07) is 13.5. The van der Waals surface area contributed by atoms with Crippen LogP contribution in [0.1, 0.15) is 22.3 Å². The number of carbonyl (C=O) groups is 2. The molecule has 0 radical (unpaired) electrons. The third-order valence-corrected chi connectivity index (χ3v) is 5.05. The Bertz CT molecular complexity index is 1040. The van der Waals surface area contributed by atoms with Crippen molar-refractivity contribution in [2.45, 2.75) is 13.8 Å². The van der Waals surface area contributed by atoms with Crippen LogP contribution in [0.25, 0.3) is 0 Å². The van der Waals surface area contributed by atoms with E-state index >= 15 is 0 Å². The van der Waals surface area contributed by atoms with Crippen molar-refractivity contribution < 1.29 is 14.3 Å². The van der Waals surface area contributed by atoms with E-state index in [2.05, 4.69) is 20.9 Å². The number of nitrogens with zero attached hydrogens (tertiary/aromatic N) is 1. The number of benzene rings is 2. The number of hydrogen-bond acceptors (Lipinski definition) is 5. The summed E-state index contributed by atoms with van der Waals surface area (Å²) < 4.78 is 5.53. The Morgan fingerprint density at radius 3 is 2.66 bits per heavy atom. The van der Waals surface area contributed by atoms with Gasteiger partial charge in [-0.15, -0.1) is 0 Å². The van der Waals surface area contributed by atoms with Gasteiger partial charge < -0.3 is 15.4 Å². The van der Waals surface area contributed by atoms with Crippen molar-refractivity contribution in [1.82, 2.24) is 4.98 Å². The van der Waals surface area contributed by atoms with Gasteiger partial charge in [-0.25, -0.2) is 9.78 Å². The standard InChI is InChI=1S/C20H19ClN4O3S/c1-3-28-16-10-5-4-9-15(16)24-18(26)17-12(2)22-20(29-17)25-19(27)23-14-8-6-7-13(21)11-14/h4-11H,3H2,1-2H3,(H,24,26)(H2,22,23,25,27). The van der Waals surface area contributed by atoms with Gasteiger partial charge in [0, 0.05) is 10.7 Å². The Kier molecular flexibility index (Phi) is 6.69. The molecule has 0 saturated heterocycles. The molecular weight excluding hydrogens is 412 g/mol. The molecule has 2 aromatic carbocycles. The molecule has 0 saturated carbocycles. The van der Waals surface area contributed by atoms with Crippen LogP contribution < -0.4 is 20.7 Å². The van der Waals surface area contributed by atoms with Crippen molar-refractivity contribution in [2.24, 2.45) is 0 Å². The largest absolute Gasteiger partial charge is 0.492 e. The normalized spacial score (nSPS) is 10.3. The van der Waals surface area contributed by atoms with Gasteiger partial charge in [-0.05, 0) is 44.2 Å². The van der Waals surface area contributed by atoms with Crippen molar-refractivity contribution in [1.29, 1.82) is 0 Å². The smallest absolute Gasteiger partial charge is 0.325 e. The number of hydrogen-bond donors (Lipinski definition) is 3. The Balaban J connectivity index is 1.68. The van der Waals surface area contributed by atoms with Gasteiger partial charge in [0.1, 0.15) is 10.6 Å². The Morgan fingerprint density at radius 2 is 1.90 bits per heavy atom. The molecule has 1 heterocycles. The second-order valence-corrected chi connectivity index (χ2v) is 7.34. The molecule has 3 rings (SSSR count). The number of aromatic nitrogens is 1. The monoisotopic (exact) mass is 430 g/mol. The number of para-hydroxylation sites is 2. The van der Waals surface area contributed by atoms with Crippen LogP contribution in [0.5, 0.6) is 5.75 Å². The maximum absolute atomic E-state index is 12.7. The quantitative estimate of drug-likeness (QED) is 0.488. The lowest BCUT2D eigenvalue weighted by molar-refractivity contribution is 0.102. The van der Waals surface area contributed by atoms with Gasteiger partial charge >= 0.3 is 6.03 Å². The van der Waals surface area contributed by atoms with Crippen LogP contribution in [0.15, 0.2) is 48.5 Å². The lowest BCUT2D eigenvalue weighted by Gasteiger charge is -2.10. The first-order chi connectivity index (χ1) is 14.0. The summed E-state index contributed by atoms with van der Waals surface area (Å²) in [7, 11) is 0. The zero-order valence-electron chi connectivity index (χ0n) is 15.8. The van der Waals surface area contributed by atoms with Crippen LogP contribution in [0, 0.1) is 6.92 Å². The number of carbonyl (C=O) groups excluding carboxylic acids is 2. The first-order valence-corrected chi connectivity index (χ1v) is 10.00. The van der Waals surface area contributed by atoms with E-state index in [1.54, 1.807) is 43.3 Å². The topological polar surface area (TPSA) is 92.4 Å². The Labute approximate surface area is 177 Å². The van der Waals surface area contributed by atoms with E-state index in [-0.39, 0.29) is 5.91 Å². The van der Waals surface area contributed by atoms with Crippen molar-refractivity contribution in [3.63, 3.8) is 0 Å². The molecule has 0 aliphatic carbocycles. The summed E-state index contributed by atoms with van der Waals surface area (Å²) >= 11 is 7.00. The summed E-state index contributed by atoms with van der Waals surface area (Å²) in [6.45, 7) is 4.07. The summed E-state index contributed by atoms with van der Waals surface area (Å²) in [6.07, 6.45) is 0. The number of urea groups is 1. The minimum atomic E-state index is -0.477. The summed E-state index contributed by atoms with van der Waals surface area (Å²) in [5.41, 5.74) is 1.63. The van der Waals surface area contributed by atoms with Gasteiger partial charge in [0.2, 0.25) is 0 Å². The number of aryl methyl sites for hydroxylation is 1. The van der Waals surface area contributed by atoms with Crippen LogP contribution in [-0.2, 0) is 0 Å². The molecule has 3 N–H and O–H groups in total. The maximum atomic E-state index is 12.7. The van der Waals surface area contributed by atoms with Gasteiger partial charge in [0.25, 0.3) is 5.91 Å². The fraction of sp³-hybridized carbons (Fsp3) is 0.150. The first-order valence-electron chi connectivity index (χ1n) is 8.80. The van der Waals surface area contributed by atoms with Crippen molar-refractivity contribution in [3.05, 3.63) is 64.1 Å². The van der Waals surface area contributed by atoms with E-state index < -0.39 is 6.03 Å². The summed E-state index contributed by atoms with van der Waals surface area (Å²) in [5.74, 6) is 0.264. The number of ether oxygens (including phenoxy) is 1. The van der Waals surface area contributed by atoms with E-state index in [0.717, 1.165) is 11.3 Å². The maximum Gasteiger partial charge on any atom is 0.325 e. The zero-order chi connectivity index (χ0) is 20.8. The third kappa shape index (κ3) is 5.46. The molecule has 0 spiro atoms. The fourth-order valence-electron chi connectivity index (χ4n) is 2.52. The summed E-state index contributed by atoms with van der Waals surface area (Å²) in [4.78, 5) is 29.5. The Morgan fingerprint density at radius 1 is 1.10 bits per heavy atom. The van der Waals surface area contributed by atoms with Gasteiger partial charge in [-0.3, -0.25) is 10.1 Å². The van der Waals surface area contributed by atoms with Gasteiger partial charge in [-0.1, -0.05) is 41.1 Å². The van der Waals surface area contributed by atoms with Crippen LogP contribution in [0.3, 0.4) is 0 Å². The molecule has 3 amide bonds. The molecule has 0 aliphatic heterocycles. The molecule has 1 aromatic heterocycles. The molecule has 3 aromatic rings. The van der Waals surface area contributed by atoms with Crippen LogP contribution in [0.2, 0.25) is 5.02 Å². The van der Waals surface area contributed by atoms with Crippen molar-refractivity contribution >= 4 is 51.4 Å². The highest BCUT2D eigenvalue weighted by Crippen LogP contribution is 2.27. The predicted molar refractivity (Wildman–Crippen MR) is 117 cm³/mol. The van der Waals surface area contributed by atoms with Gasteiger partial charge in [-0.2, -0.15) is 0 Å². The minimum absolute atomic E-state index is 0.310. The average molecular weight is 431 g/mol. The van der Waals surface area contributed by atoms with Crippen LogP contribution >= 0.6 is 22.9 Å². The molecule has 0 atom stereocenters. The lowest BCUT2D eigenvalue weighted by atomic mass is 10.2. The molecule has 9 heteroatoms. The number of thiazole rings is 1.